The molecule has 0 aromatic heterocycles. The number of carbonyl (C=O) groups is 3. The van der Waals surface area contributed by atoms with Crippen LogP contribution in [-0.2, 0) is 37.5 Å². The highest BCUT2D eigenvalue weighted by Gasteiger charge is 2.28. The van der Waals surface area contributed by atoms with Crippen LogP contribution in [0.5, 0.6) is 0 Å². The predicted octanol–water partition coefficient (Wildman–Crippen LogP) is 12.8. The smallest absolute Gasteiger partial charge is 0.472 e. The Balaban J connectivity index is 4.28. The van der Waals surface area contributed by atoms with Gasteiger partial charge < -0.3 is 25.2 Å². The number of allylic oxidation sites excluding steroid dienone is 2. The average Bonchev–Trinajstić information content (AvgIpc) is 3.20. The summed E-state index contributed by atoms with van der Waals surface area (Å²) >= 11 is 0. The molecule has 0 saturated heterocycles. The topological polar surface area (TPSA) is 172 Å². The summed E-state index contributed by atoms with van der Waals surface area (Å²) in [6, 6.07) is -1.52. The first-order chi connectivity index (χ1) is 28.1. The zero-order valence-electron chi connectivity index (χ0n) is 37.2. The first-order valence-corrected chi connectivity index (χ1v) is 25.2. The summed E-state index contributed by atoms with van der Waals surface area (Å²) in [6.07, 6.45) is 42.7. The van der Waals surface area contributed by atoms with Gasteiger partial charge in [-0.3, -0.25) is 23.4 Å². The third kappa shape index (κ3) is 41.0. The number of carbonyl (C=O) groups excluding carboxylic acids is 2. The van der Waals surface area contributed by atoms with Gasteiger partial charge in [0.25, 0.3) is 0 Å². The molecular formula is C46H88NO10P. The van der Waals surface area contributed by atoms with Crippen LogP contribution in [0.15, 0.2) is 12.2 Å². The van der Waals surface area contributed by atoms with Gasteiger partial charge >= 0.3 is 25.7 Å². The van der Waals surface area contributed by atoms with Gasteiger partial charge in [0.15, 0.2) is 6.10 Å². The second kappa shape index (κ2) is 41.9. The zero-order chi connectivity index (χ0) is 42.8. The van der Waals surface area contributed by atoms with Crippen molar-refractivity contribution in [3.05, 3.63) is 12.2 Å². The number of hydrogen-bond donors (Lipinski definition) is 3. The fraction of sp³-hybridized carbons (Fsp3) is 0.891. The van der Waals surface area contributed by atoms with Crippen molar-refractivity contribution in [1.29, 1.82) is 0 Å². The average molecular weight is 846 g/mol. The molecule has 0 amide bonds. The van der Waals surface area contributed by atoms with Crippen molar-refractivity contribution in [2.75, 3.05) is 19.8 Å². The largest absolute Gasteiger partial charge is 0.480 e. The van der Waals surface area contributed by atoms with Crippen LogP contribution >= 0.6 is 7.82 Å². The fourth-order valence-corrected chi connectivity index (χ4v) is 7.55. The summed E-state index contributed by atoms with van der Waals surface area (Å²) in [5.74, 6) is -2.37. The Labute approximate surface area is 354 Å². The van der Waals surface area contributed by atoms with Crippen molar-refractivity contribution in [1.82, 2.24) is 0 Å². The number of carboxylic acid groups (broad SMARTS) is 1. The van der Waals surface area contributed by atoms with Crippen LogP contribution in [0.3, 0.4) is 0 Å². The molecule has 0 radical (unpaired) electrons. The maximum atomic E-state index is 12.6. The molecule has 0 aliphatic carbocycles. The van der Waals surface area contributed by atoms with E-state index in [1.54, 1.807) is 0 Å². The second-order valence-electron chi connectivity index (χ2n) is 16.2. The molecule has 0 rings (SSSR count). The van der Waals surface area contributed by atoms with E-state index in [0.717, 1.165) is 44.9 Å². The van der Waals surface area contributed by atoms with E-state index in [9.17, 15) is 23.8 Å². The number of phosphoric ester groups is 1. The number of phosphoric acid groups is 1. The summed E-state index contributed by atoms with van der Waals surface area (Å²) in [5, 5.41) is 8.90. The molecule has 58 heavy (non-hydrogen) atoms. The SMILES string of the molecule is CCCCCCCC/C=C\CCCCCCCCCC(=O)O[C@H](COC(=O)CCCCCCCCCCCCCCCCCCC)COP(=O)(O)OC[C@H](N)C(=O)O. The lowest BCUT2D eigenvalue weighted by atomic mass is 10.0. The van der Waals surface area contributed by atoms with Crippen LogP contribution in [0.2, 0.25) is 0 Å². The van der Waals surface area contributed by atoms with Gasteiger partial charge in [-0.15, -0.1) is 0 Å². The monoisotopic (exact) mass is 846 g/mol. The molecule has 342 valence electrons. The zero-order valence-corrected chi connectivity index (χ0v) is 38.1. The second-order valence-corrected chi connectivity index (χ2v) is 17.7. The minimum Gasteiger partial charge on any atom is -0.480 e. The molecule has 12 heteroatoms. The first-order valence-electron chi connectivity index (χ1n) is 23.7. The number of ether oxygens (including phenoxy) is 2. The number of rotatable bonds is 45. The van der Waals surface area contributed by atoms with Gasteiger partial charge in [-0.1, -0.05) is 193 Å². The van der Waals surface area contributed by atoms with E-state index >= 15 is 0 Å². The van der Waals surface area contributed by atoms with E-state index in [1.807, 2.05) is 0 Å². The summed E-state index contributed by atoms with van der Waals surface area (Å²) in [7, 11) is -4.71. The van der Waals surface area contributed by atoms with Gasteiger partial charge in [-0.05, 0) is 38.5 Å². The van der Waals surface area contributed by atoms with E-state index in [1.165, 1.54) is 148 Å². The van der Waals surface area contributed by atoms with Gasteiger partial charge in [-0.25, -0.2) is 4.57 Å². The van der Waals surface area contributed by atoms with Crippen LogP contribution in [0, 0.1) is 0 Å². The lowest BCUT2D eigenvalue weighted by molar-refractivity contribution is -0.161. The Hall–Kier alpha value is -1.78. The molecule has 0 heterocycles. The van der Waals surface area contributed by atoms with Crippen LogP contribution in [-0.4, -0.2) is 59.9 Å². The number of hydrogen-bond acceptors (Lipinski definition) is 9. The standard InChI is InChI=1S/C46H88NO10P/c1-3-5-7-9-11-13-15-17-19-21-23-25-27-29-31-33-35-37-44(48)54-39-42(40-55-58(52,53)56-41-43(47)46(50)51)57-45(49)38-36-34-32-30-28-26-24-22-20-18-16-14-12-10-8-6-4-2/h18,20,42-43H,3-17,19,21-41,47H2,1-2H3,(H,50,51)(H,52,53)/b20-18-/t42-,43+/m1/s1. The minimum absolute atomic E-state index is 0.161. The fourth-order valence-electron chi connectivity index (χ4n) is 6.77. The number of aliphatic carboxylic acids is 1. The summed E-state index contributed by atoms with van der Waals surface area (Å²) in [6.45, 7) is 2.83. The van der Waals surface area contributed by atoms with Crippen molar-refractivity contribution < 1.29 is 47.5 Å². The third-order valence-corrected chi connectivity index (χ3v) is 11.5. The minimum atomic E-state index is -4.71. The molecule has 0 bridgehead atoms. The molecule has 3 atom stereocenters. The molecule has 0 spiro atoms. The predicted molar refractivity (Wildman–Crippen MR) is 236 cm³/mol. The van der Waals surface area contributed by atoms with Crippen LogP contribution < -0.4 is 5.73 Å². The van der Waals surface area contributed by atoms with Crippen molar-refractivity contribution in [2.45, 2.75) is 244 Å². The van der Waals surface area contributed by atoms with E-state index in [4.69, 9.17) is 24.8 Å². The molecule has 0 aliphatic heterocycles. The lowest BCUT2D eigenvalue weighted by Gasteiger charge is -2.20. The highest BCUT2D eigenvalue weighted by atomic mass is 31.2. The lowest BCUT2D eigenvalue weighted by Crippen LogP contribution is -2.34. The highest BCUT2D eigenvalue weighted by molar-refractivity contribution is 7.47. The molecule has 0 aromatic rings. The van der Waals surface area contributed by atoms with Crippen LogP contribution in [0.4, 0.5) is 0 Å². The number of nitrogens with two attached hydrogens (primary N) is 1. The highest BCUT2D eigenvalue weighted by Crippen LogP contribution is 2.43. The summed E-state index contributed by atoms with van der Waals surface area (Å²) < 4.78 is 32.8. The van der Waals surface area contributed by atoms with Crippen LogP contribution in [0.25, 0.3) is 0 Å². The normalized spacial score (nSPS) is 13.7. The van der Waals surface area contributed by atoms with E-state index in [-0.39, 0.29) is 19.4 Å². The van der Waals surface area contributed by atoms with Crippen LogP contribution in [0.1, 0.15) is 232 Å². The third-order valence-electron chi connectivity index (χ3n) is 10.5. The van der Waals surface area contributed by atoms with Crippen molar-refractivity contribution in [3.8, 4) is 0 Å². The molecule has 0 fully saturated rings. The Bertz CT molecular complexity index is 1040. The Morgan fingerprint density at radius 2 is 0.862 bits per heavy atom. The number of carboxylic acids is 1. The molecule has 0 aromatic carbocycles. The maximum absolute atomic E-state index is 12.6. The summed E-state index contributed by atoms with van der Waals surface area (Å²) in [4.78, 5) is 46.0. The van der Waals surface area contributed by atoms with Gasteiger partial charge in [0.1, 0.15) is 12.6 Å². The molecule has 0 saturated carbocycles. The van der Waals surface area contributed by atoms with Gasteiger partial charge in [-0.2, -0.15) is 0 Å². The molecule has 1 unspecified atom stereocenters. The Kier molecular flexibility index (Phi) is 40.6. The van der Waals surface area contributed by atoms with Crippen molar-refractivity contribution in [3.63, 3.8) is 0 Å². The number of unbranched alkanes of at least 4 members (excludes halogenated alkanes) is 29. The molecule has 11 nitrogen and oxygen atoms in total. The van der Waals surface area contributed by atoms with Crippen molar-refractivity contribution >= 4 is 25.7 Å². The number of esters is 2. The van der Waals surface area contributed by atoms with Crippen molar-refractivity contribution in [2.24, 2.45) is 5.73 Å². The van der Waals surface area contributed by atoms with E-state index in [0.29, 0.717) is 12.8 Å². The Morgan fingerprint density at radius 3 is 1.26 bits per heavy atom. The van der Waals surface area contributed by atoms with Gasteiger partial charge in [0.05, 0.1) is 13.2 Å². The Morgan fingerprint density at radius 1 is 0.517 bits per heavy atom. The quantitative estimate of drug-likeness (QED) is 0.0230. The van der Waals surface area contributed by atoms with Gasteiger partial charge in [0.2, 0.25) is 0 Å². The summed E-state index contributed by atoms with van der Waals surface area (Å²) in [5.41, 5.74) is 5.34. The van der Waals surface area contributed by atoms with Gasteiger partial charge in [0, 0.05) is 12.8 Å². The van der Waals surface area contributed by atoms with E-state index < -0.39 is 51.1 Å². The first kappa shape index (κ1) is 56.2. The maximum Gasteiger partial charge on any atom is 0.472 e. The molecular weight excluding hydrogens is 757 g/mol. The molecule has 0 aliphatic rings. The molecule has 4 N–H and O–H groups in total. The van der Waals surface area contributed by atoms with E-state index in [2.05, 4.69) is 30.5 Å².